The van der Waals surface area contributed by atoms with Crippen LogP contribution in [-0.2, 0) is 10.8 Å². The van der Waals surface area contributed by atoms with E-state index >= 15 is 0 Å². The van der Waals surface area contributed by atoms with Crippen molar-refractivity contribution in [3.63, 3.8) is 0 Å². The van der Waals surface area contributed by atoms with E-state index in [9.17, 15) is 0 Å². The third-order valence-electron chi connectivity index (χ3n) is 21.3. The summed E-state index contributed by atoms with van der Waals surface area (Å²) in [4.78, 5) is 0. The van der Waals surface area contributed by atoms with Crippen molar-refractivity contribution in [2.24, 2.45) is 0 Å². The van der Waals surface area contributed by atoms with Gasteiger partial charge >= 0.3 is 0 Å². The fourth-order valence-electron chi connectivity index (χ4n) is 17.0. The lowest BCUT2D eigenvalue weighted by molar-refractivity contribution is 0.765. The Hall–Kier alpha value is -12.5. The zero-order chi connectivity index (χ0) is 64.7. The topological polar surface area (TPSA) is 0 Å². The van der Waals surface area contributed by atoms with Crippen molar-refractivity contribution in [2.45, 2.75) is 10.8 Å². The van der Waals surface area contributed by atoms with Gasteiger partial charge in [0.1, 0.15) is 0 Å². The van der Waals surface area contributed by atoms with Crippen LogP contribution < -0.4 is 0 Å². The standard InChI is InChI=1S/C98H64/c1-6-26-65(27-7-1)70-36-22-40-74(54-70)79-58-80(75-41-23-37-71(55-75)66-28-8-2-9-29-66)61-83(60-79)97(84-62-81(76-42-24-38-72(56-76)67-30-10-3-11-31-67)59-82(63-84)77-43-25-39-73(57-77)68-32-12-4-13-33-68)92-52-53-93-95(96(92)88-51-50-78(64-94(88)97)69-34-14-5-15-35-69)87-46-18-21-49-91(87)98(93)89-47-19-16-44-85(89)86-45-17-20-48-90(86)98/h1-64H. The van der Waals surface area contributed by atoms with Crippen molar-refractivity contribution in [2.75, 3.05) is 0 Å². The summed E-state index contributed by atoms with van der Waals surface area (Å²) < 4.78 is 0. The van der Waals surface area contributed by atoms with Crippen molar-refractivity contribution in [1.29, 1.82) is 0 Å². The van der Waals surface area contributed by atoms with Gasteiger partial charge in [-0.2, -0.15) is 0 Å². The van der Waals surface area contributed by atoms with Crippen LogP contribution in [0.5, 0.6) is 0 Å². The molecule has 0 amide bonds. The van der Waals surface area contributed by atoms with Gasteiger partial charge in [0.25, 0.3) is 0 Å². The highest BCUT2D eigenvalue weighted by Crippen LogP contribution is 2.68. The molecule has 0 saturated carbocycles. The van der Waals surface area contributed by atoms with E-state index in [1.54, 1.807) is 0 Å². The Morgan fingerprint density at radius 3 is 0.714 bits per heavy atom. The van der Waals surface area contributed by atoms with Crippen molar-refractivity contribution in [1.82, 2.24) is 0 Å². The molecule has 0 heteroatoms. The first kappa shape index (κ1) is 57.0. The second-order valence-electron chi connectivity index (χ2n) is 26.6. The monoisotopic (exact) mass is 1240 g/mol. The van der Waals surface area contributed by atoms with Gasteiger partial charge in [-0.05, 0) is 245 Å². The minimum atomic E-state index is -0.974. The van der Waals surface area contributed by atoms with E-state index in [-0.39, 0.29) is 0 Å². The van der Waals surface area contributed by atoms with Gasteiger partial charge in [0.15, 0.2) is 0 Å². The number of fused-ring (bicyclic) bond motifs is 14. The highest BCUT2D eigenvalue weighted by molar-refractivity contribution is 6.05. The average Bonchev–Trinajstić information content (AvgIpc) is 1.49. The quantitative estimate of drug-likeness (QED) is 0.121. The summed E-state index contributed by atoms with van der Waals surface area (Å²) >= 11 is 0. The summed E-state index contributed by atoms with van der Waals surface area (Å²) in [5, 5.41) is 0. The smallest absolute Gasteiger partial charge is 0.0622 e. The second-order valence-corrected chi connectivity index (χ2v) is 26.6. The van der Waals surface area contributed by atoms with Crippen LogP contribution >= 0.6 is 0 Å². The minimum Gasteiger partial charge on any atom is -0.0622 e. The van der Waals surface area contributed by atoms with E-state index < -0.39 is 10.8 Å². The normalized spacial score (nSPS) is 13.1. The highest BCUT2D eigenvalue weighted by atomic mass is 14.6. The molecule has 0 aromatic heterocycles. The Morgan fingerprint density at radius 2 is 0.367 bits per heavy atom. The van der Waals surface area contributed by atoms with Crippen LogP contribution in [0.25, 0.3) is 134 Å². The van der Waals surface area contributed by atoms with Crippen LogP contribution in [0.3, 0.4) is 0 Å². The summed E-state index contributed by atoms with van der Waals surface area (Å²) in [7, 11) is 0. The second kappa shape index (κ2) is 23.2. The van der Waals surface area contributed by atoms with Crippen LogP contribution in [-0.4, -0.2) is 0 Å². The van der Waals surface area contributed by atoms with E-state index in [2.05, 4.69) is 388 Å². The van der Waals surface area contributed by atoms with Crippen LogP contribution in [0.15, 0.2) is 388 Å². The molecule has 3 aliphatic carbocycles. The first-order chi connectivity index (χ1) is 48.6. The first-order valence-corrected chi connectivity index (χ1v) is 34.2. The Balaban J connectivity index is 0.980. The molecule has 0 saturated heterocycles. The van der Waals surface area contributed by atoms with Crippen LogP contribution in [0.2, 0.25) is 0 Å². The Kier molecular flexibility index (Phi) is 13.5. The molecule has 0 heterocycles. The zero-order valence-corrected chi connectivity index (χ0v) is 54.0. The molecule has 0 atom stereocenters. The average molecular weight is 1240 g/mol. The predicted molar refractivity (Wildman–Crippen MR) is 409 cm³/mol. The van der Waals surface area contributed by atoms with Crippen molar-refractivity contribution < 1.29 is 0 Å². The molecule has 16 aromatic rings. The summed E-state index contributed by atoms with van der Waals surface area (Å²) in [5.41, 5.74) is 37.2. The number of rotatable bonds is 11. The maximum absolute atomic E-state index is 2.57. The molecular weight excluding hydrogens is 1180 g/mol. The van der Waals surface area contributed by atoms with Gasteiger partial charge in [0.05, 0.1) is 10.8 Å². The van der Waals surface area contributed by atoms with E-state index in [4.69, 9.17) is 0 Å². The van der Waals surface area contributed by atoms with Crippen molar-refractivity contribution >= 4 is 0 Å². The fourth-order valence-corrected chi connectivity index (χ4v) is 17.0. The molecule has 16 aromatic carbocycles. The van der Waals surface area contributed by atoms with E-state index in [1.807, 2.05) is 0 Å². The molecular formula is C98H64. The molecule has 1 spiro atoms. The third-order valence-corrected chi connectivity index (χ3v) is 21.3. The van der Waals surface area contributed by atoms with Crippen LogP contribution in [0.1, 0.15) is 44.5 Å². The minimum absolute atomic E-state index is 0.565. The van der Waals surface area contributed by atoms with E-state index in [1.165, 1.54) is 134 Å². The summed E-state index contributed by atoms with van der Waals surface area (Å²) in [5.74, 6) is 0. The zero-order valence-electron chi connectivity index (χ0n) is 54.0. The van der Waals surface area contributed by atoms with Gasteiger partial charge in [0, 0.05) is 0 Å². The lowest BCUT2D eigenvalue weighted by atomic mass is 9.65. The largest absolute Gasteiger partial charge is 0.0725 e. The van der Waals surface area contributed by atoms with E-state index in [0.717, 1.165) is 44.5 Å². The molecule has 0 bridgehead atoms. The number of benzene rings is 16. The maximum Gasteiger partial charge on any atom is 0.0725 e. The fraction of sp³-hybridized carbons (Fsp3) is 0.0204. The Bertz CT molecular complexity index is 5320. The lowest BCUT2D eigenvalue weighted by Gasteiger charge is -2.36. The molecule has 19 rings (SSSR count). The SMILES string of the molecule is c1ccc(-c2cccc(-c3cc(-c4cccc(-c5ccccc5)c4)cc(C4(c5cc(-c6cccc(-c7ccccc7)c6)cc(-c6cccc(-c7ccccc7)c6)c5)c5cc(-c6ccccc6)ccc5-c5c4ccc4c5-c5ccccc5C45c4ccccc4-c4ccccc45)c3)c2)cc1. The molecule has 0 fully saturated rings. The van der Waals surface area contributed by atoms with Gasteiger partial charge < -0.3 is 0 Å². The lowest BCUT2D eigenvalue weighted by Crippen LogP contribution is -2.29. The molecule has 98 heavy (non-hydrogen) atoms. The number of hydrogen-bond acceptors (Lipinski definition) is 0. The molecule has 0 aliphatic heterocycles. The van der Waals surface area contributed by atoms with E-state index in [0.29, 0.717) is 0 Å². The van der Waals surface area contributed by atoms with Crippen molar-refractivity contribution in [3.8, 4) is 134 Å². The Morgan fingerprint density at radius 1 is 0.122 bits per heavy atom. The first-order valence-electron chi connectivity index (χ1n) is 34.2. The maximum atomic E-state index is 2.57. The molecule has 3 aliphatic rings. The molecule has 0 N–H and O–H groups in total. The van der Waals surface area contributed by atoms with Crippen LogP contribution in [0.4, 0.5) is 0 Å². The molecule has 0 radical (unpaired) electrons. The molecule has 456 valence electrons. The summed E-state index contributed by atoms with van der Waals surface area (Å²) in [6.45, 7) is 0. The predicted octanol–water partition coefficient (Wildman–Crippen LogP) is 25.4. The highest BCUT2D eigenvalue weighted by Gasteiger charge is 2.55. The van der Waals surface area contributed by atoms with Gasteiger partial charge in [0.2, 0.25) is 0 Å². The van der Waals surface area contributed by atoms with Gasteiger partial charge in [-0.3, -0.25) is 0 Å². The summed E-state index contributed by atoms with van der Waals surface area (Å²) in [6.07, 6.45) is 0. The number of hydrogen-bond donors (Lipinski definition) is 0. The van der Waals surface area contributed by atoms with Crippen LogP contribution in [0, 0.1) is 0 Å². The molecule has 0 unspecified atom stereocenters. The summed E-state index contributed by atoms with van der Waals surface area (Å²) in [6, 6.07) is 147. The van der Waals surface area contributed by atoms with Crippen molar-refractivity contribution in [3.05, 3.63) is 433 Å². The van der Waals surface area contributed by atoms with Gasteiger partial charge in [-0.25, -0.2) is 0 Å². The van der Waals surface area contributed by atoms with Gasteiger partial charge in [-0.1, -0.05) is 322 Å². The Labute approximate surface area is 573 Å². The third kappa shape index (κ3) is 9.06. The van der Waals surface area contributed by atoms with Gasteiger partial charge in [-0.15, -0.1) is 0 Å². The molecule has 0 nitrogen and oxygen atoms in total.